The van der Waals surface area contributed by atoms with E-state index in [0.717, 1.165) is 0 Å². The highest BCUT2D eigenvalue weighted by Gasteiger charge is 2.50. The fourth-order valence-electron chi connectivity index (χ4n) is 10.7. The van der Waals surface area contributed by atoms with Gasteiger partial charge in [0.25, 0.3) is 13.4 Å². The van der Waals surface area contributed by atoms with Crippen LogP contribution < -0.4 is 47.9 Å². The van der Waals surface area contributed by atoms with Crippen molar-refractivity contribution in [1.29, 1.82) is 0 Å². The van der Waals surface area contributed by atoms with Crippen LogP contribution in [0.5, 0.6) is 0 Å². The highest BCUT2D eigenvalue weighted by atomic mass is 15.2. The van der Waals surface area contributed by atoms with Gasteiger partial charge in [-0.05, 0) is 97.2 Å². The summed E-state index contributed by atoms with van der Waals surface area (Å²) in [5, 5.41) is 4.04. The Kier molecular flexibility index (Phi) is 7.51. The number of hydrogen-bond donors (Lipinski definition) is 1. The van der Waals surface area contributed by atoms with Crippen LogP contribution in [0.1, 0.15) is 50.7 Å². The third-order valence-corrected chi connectivity index (χ3v) is 13.4. The summed E-state index contributed by atoms with van der Waals surface area (Å²) in [6.07, 6.45) is 0. The molecule has 0 amide bonds. The minimum atomic E-state index is 0.0427. The Morgan fingerprint density at radius 2 is 0.898 bits per heavy atom. The second-order valence-corrected chi connectivity index (χ2v) is 17.3. The maximum Gasteiger partial charge on any atom is 0.252 e. The van der Waals surface area contributed by atoms with Gasteiger partial charge in [-0.25, -0.2) is 0 Å². The van der Waals surface area contributed by atoms with Gasteiger partial charge in [0.05, 0.1) is 5.69 Å². The SMILES string of the molecule is CC(C)c1ccc2c(c1)B1c3ccccc3Nc3cc4c5c(c31)N2c1ccc(C(C)C)cc1B5c1ccccc1N4c1c(-c2ccccc2)cccc1-c1ccccc1. The molecule has 0 spiro atoms. The van der Waals surface area contributed by atoms with E-state index in [2.05, 4.69) is 213 Å². The molecule has 4 heterocycles. The fraction of sp³-hybridized carbons (Fsp3) is 0.111. The summed E-state index contributed by atoms with van der Waals surface area (Å²) in [5.74, 6) is 0.820. The molecule has 0 saturated carbocycles. The Morgan fingerprint density at radius 3 is 1.51 bits per heavy atom. The van der Waals surface area contributed by atoms with Gasteiger partial charge >= 0.3 is 0 Å². The second kappa shape index (κ2) is 12.9. The number of benzene rings is 8. The van der Waals surface area contributed by atoms with E-state index in [9.17, 15) is 0 Å². The first-order valence-electron chi connectivity index (χ1n) is 21.2. The molecule has 0 radical (unpaired) electrons. The van der Waals surface area contributed by atoms with Gasteiger partial charge < -0.3 is 15.1 Å². The molecule has 8 aromatic rings. The highest BCUT2D eigenvalue weighted by molar-refractivity contribution is 7.04. The van der Waals surface area contributed by atoms with Gasteiger partial charge in [0.1, 0.15) is 0 Å². The monoisotopic (exact) mass is 755 g/mol. The number of para-hydroxylation sites is 3. The van der Waals surface area contributed by atoms with Crippen molar-refractivity contribution in [3.8, 4) is 22.3 Å². The lowest BCUT2D eigenvalue weighted by atomic mass is 9.28. The van der Waals surface area contributed by atoms with E-state index >= 15 is 0 Å². The van der Waals surface area contributed by atoms with Crippen LogP contribution in [0.4, 0.5) is 45.5 Å². The number of hydrogen-bond acceptors (Lipinski definition) is 3. The zero-order chi connectivity index (χ0) is 39.5. The zero-order valence-electron chi connectivity index (χ0n) is 33.9. The summed E-state index contributed by atoms with van der Waals surface area (Å²) in [7, 11) is 0. The molecular weight excluding hydrogens is 712 g/mol. The van der Waals surface area contributed by atoms with E-state index in [1.54, 1.807) is 0 Å². The predicted octanol–water partition coefficient (Wildman–Crippen LogP) is 10.2. The quantitative estimate of drug-likeness (QED) is 0.177. The molecule has 59 heavy (non-hydrogen) atoms. The summed E-state index contributed by atoms with van der Waals surface area (Å²) in [5.41, 5.74) is 25.6. The molecule has 0 atom stereocenters. The molecular formula is C54H43B2N3. The maximum atomic E-state index is 4.04. The number of rotatable bonds is 5. The number of fused-ring (bicyclic) bond motifs is 10. The van der Waals surface area contributed by atoms with E-state index in [0.29, 0.717) is 11.8 Å². The normalized spacial score (nSPS) is 13.7. The van der Waals surface area contributed by atoms with Crippen molar-refractivity contribution in [3.63, 3.8) is 0 Å². The fourth-order valence-corrected chi connectivity index (χ4v) is 10.7. The average Bonchev–Trinajstić information content (AvgIpc) is 3.28. The molecule has 3 nitrogen and oxygen atoms in total. The zero-order valence-corrected chi connectivity index (χ0v) is 33.9. The molecule has 4 aliphatic rings. The molecule has 5 heteroatoms. The van der Waals surface area contributed by atoms with E-state index in [-0.39, 0.29) is 13.4 Å². The summed E-state index contributed by atoms with van der Waals surface area (Å²) in [4.78, 5) is 5.26. The third-order valence-electron chi connectivity index (χ3n) is 13.4. The number of anilines is 8. The van der Waals surface area contributed by atoms with Crippen molar-refractivity contribution in [2.75, 3.05) is 15.1 Å². The molecule has 0 unspecified atom stereocenters. The van der Waals surface area contributed by atoms with Gasteiger partial charge in [-0.15, -0.1) is 0 Å². The van der Waals surface area contributed by atoms with Gasteiger partial charge in [0.15, 0.2) is 0 Å². The van der Waals surface area contributed by atoms with Crippen molar-refractivity contribution >= 4 is 91.7 Å². The lowest BCUT2D eigenvalue weighted by Gasteiger charge is -2.50. The molecule has 0 fully saturated rings. The third kappa shape index (κ3) is 4.91. The molecule has 280 valence electrons. The average molecular weight is 756 g/mol. The molecule has 12 rings (SSSR count). The van der Waals surface area contributed by atoms with Gasteiger partial charge in [0.2, 0.25) is 0 Å². The van der Waals surface area contributed by atoms with Gasteiger partial charge in [-0.1, -0.05) is 167 Å². The maximum absolute atomic E-state index is 4.04. The molecule has 4 aliphatic heterocycles. The molecule has 0 saturated heterocycles. The van der Waals surface area contributed by atoms with Crippen LogP contribution in [0.3, 0.4) is 0 Å². The number of nitrogens with one attached hydrogen (secondary N) is 1. The largest absolute Gasteiger partial charge is 0.356 e. The van der Waals surface area contributed by atoms with Crippen molar-refractivity contribution < 1.29 is 0 Å². The van der Waals surface area contributed by atoms with Crippen LogP contribution in [0, 0.1) is 0 Å². The van der Waals surface area contributed by atoms with Crippen molar-refractivity contribution in [1.82, 2.24) is 0 Å². The van der Waals surface area contributed by atoms with Crippen LogP contribution in [0.2, 0.25) is 0 Å². The van der Waals surface area contributed by atoms with Crippen LogP contribution >= 0.6 is 0 Å². The molecule has 8 aromatic carbocycles. The van der Waals surface area contributed by atoms with Crippen LogP contribution in [0.15, 0.2) is 170 Å². The van der Waals surface area contributed by atoms with Crippen LogP contribution in [0.25, 0.3) is 22.3 Å². The van der Waals surface area contributed by atoms with Gasteiger partial charge in [-0.2, -0.15) is 0 Å². The Hall–Kier alpha value is -6.71. The van der Waals surface area contributed by atoms with E-state index in [4.69, 9.17) is 0 Å². The smallest absolute Gasteiger partial charge is 0.252 e. The predicted molar refractivity (Wildman–Crippen MR) is 254 cm³/mol. The molecule has 0 aliphatic carbocycles. The standard InChI is InChI=1S/C54H43B2N3/c1-33(2)37-26-28-48-43(30-37)55-41-22-11-13-24-45(41)57-46-32-50-52-54(51(46)55)58(48)49-29-27-38(34(3)4)31-44(49)56(52)42-23-12-14-25-47(42)59(50)53-39(35-16-7-5-8-17-35)20-15-21-40(53)36-18-9-6-10-19-36/h5-34,57H,1-4H3. The lowest BCUT2D eigenvalue weighted by Crippen LogP contribution is -2.68. The topological polar surface area (TPSA) is 18.5 Å². The summed E-state index contributed by atoms with van der Waals surface area (Å²) < 4.78 is 0. The molecule has 1 N–H and O–H groups in total. The van der Waals surface area contributed by atoms with Crippen LogP contribution in [-0.4, -0.2) is 13.4 Å². The molecule has 0 aromatic heterocycles. The van der Waals surface area contributed by atoms with Gasteiger partial charge in [0, 0.05) is 50.9 Å². The Balaban J connectivity index is 1.25. The Labute approximate surface area is 348 Å². The number of nitrogens with zero attached hydrogens (tertiary/aromatic N) is 2. The van der Waals surface area contributed by atoms with E-state index in [1.165, 1.54) is 112 Å². The summed E-state index contributed by atoms with van der Waals surface area (Å²) >= 11 is 0. The van der Waals surface area contributed by atoms with Crippen molar-refractivity contribution in [2.45, 2.75) is 39.5 Å². The highest BCUT2D eigenvalue weighted by Crippen LogP contribution is 2.51. The Morgan fingerprint density at radius 1 is 0.390 bits per heavy atom. The minimum absolute atomic E-state index is 0.0427. The Bertz CT molecular complexity index is 2940. The lowest BCUT2D eigenvalue weighted by molar-refractivity contribution is 0.867. The van der Waals surface area contributed by atoms with Gasteiger partial charge in [-0.3, -0.25) is 0 Å². The van der Waals surface area contributed by atoms with E-state index in [1.807, 2.05) is 0 Å². The molecule has 0 bridgehead atoms. The second-order valence-electron chi connectivity index (χ2n) is 17.3. The minimum Gasteiger partial charge on any atom is -0.356 e. The van der Waals surface area contributed by atoms with Crippen molar-refractivity contribution in [3.05, 3.63) is 181 Å². The van der Waals surface area contributed by atoms with Crippen LogP contribution in [-0.2, 0) is 0 Å². The first kappa shape index (κ1) is 34.3. The van der Waals surface area contributed by atoms with E-state index < -0.39 is 0 Å². The summed E-state index contributed by atoms with van der Waals surface area (Å²) in [6, 6.07) is 64.1. The first-order valence-corrected chi connectivity index (χ1v) is 21.2. The van der Waals surface area contributed by atoms with Crippen molar-refractivity contribution in [2.24, 2.45) is 0 Å². The first-order chi connectivity index (χ1) is 29.0. The summed E-state index contributed by atoms with van der Waals surface area (Å²) in [6.45, 7) is 9.40.